The van der Waals surface area contributed by atoms with Gasteiger partial charge in [0.25, 0.3) is 0 Å². The van der Waals surface area contributed by atoms with Crippen LogP contribution in [0.3, 0.4) is 0 Å². The molecule has 0 amide bonds. The van der Waals surface area contributed by atoms with Gasteiger partial charge in [-0.3, -0.25) is 4.79 Å². The fourth-order valence-electron chi connectivity index (χ4n) is 4.20. The van der Waals surface area contributed by atoms with Crippen LogP contribution in [0.25, 0.3) is 0 Å². The second kappa shape index (κ2) is 5.04. The Morgan fingerprint density at radius 2 is 1.12 bits per heavy atom. The zero-order valence-electron chi connectivity index (χ0n) is 13.1. The Morgan fingerprint density at radius 1 is 0.625 bits per heavy atom. The highest BCUT2D eigenvalue weighted by Gasteiger charge is 2.40. The normalized spacial score (nSPS) is 20.1. The summed E-state index contributed by atoms with van der Waals surface area (Å²) in [7, 11) is 0. The molecule has 0 fully saturated rings. The highest BCUT2D eigenvalue weighted by Crippen LogP contribution is 2.52. The van der Waals surface area contributed by atoms with E-state index in [-0.39, 0.29) is 17.6 Å². The van der Waals surface area contributed by atoms with Gasteiger partial charge >= 0.3 is 0 Å². The smallest absolute Gasteiger partial charge is 0.189 e. The molecule has 1 nitrogen and oxygen atoms in total. The number of hydrogen-bond acceptors (Lipinski definition) is 1. The van der Waals surface area contributed by atoms with Gasteiger partial charge < -0.3 is 0 Å². The number of allylic oxidation sites excluding steroid dienone is 2. The molecular weight excluding hydrogens is 292 g/mol. The molecular formula is C23H16O. The zero-order chi connectivity index (χ0) is 16.1. The lowest BCUT2D eigenvalue weighted by molar-refractivity contribution is 0.102. The zero-order valence-corrected chi connectivity index (χ0v) is 13.1. The Balaban J connectivity index is 1.72. The highest BCUT2D eigenvalue weighted by atomic mass is 16.1. The van der Waals surface area contributed by atoms with Gasteiger partial charge in [0.1, 0.15) is 0 Å². The van der Waals surface area contributed by atoms with Crippen LogP contribution in [0.4, 0.5) is 0 Å². The van der Waals surface area contributed by atoms with Crippen molar-refractivity contribution in [3.63, 3.8) is 0 Å². The van der Waals surface area contributed by atoms with E-state index < -0.39 is 0 Å². The van der Waals surface area contributed by atoms with E-state index in [0.717, 1.165) is 11.1 Å². The number of benzene rings is 3. The second-order valence-corrected chi connectivity index (χ2v) is 6.49. The Labute approximate surface area is 141 Å². The predicted molar refractivity (Wildman–Crippen MR) is 95.4 cm³/mol. The second-order valence-electron chi connectivity index (χ2n) is 6.49. The van der Waals surface area contributed by atoms with Gasteiger partial charge in [0.05, 0.1) is 0 Å². The van der Waals surface area contributed by atoms with E-state index in [1.807, 2.05) is 30.3 Å². The minimum Gasteiger partial charge on any atom is -0.289 e. The summed E-state index contributed by atoms with van der Waals surface area (Å²) < 4.78 is 0. The lowest BCUT2D eigenvalue weighted by Crippen LogP contribution is -2.27. The largest absolute Gasteiger partial charge is 0.289 e. The van der Waals surface area contributed by atoms with Crippen LogP contribution in [0.15, 0.2) is 90.5 Å². The van der Waals surface area contributed by atoms with Gasteiger partial charge in [-0.15, -0.1) is 0 Å². The molecule has 0 saturated carbocycles. The van der Waals surface area contributed by atoms with Crippen LogP contribution in [0.5, 0.6) is 0 Å². The molecule has 0 N–H and O–H groups in total. The van der Waals surface area contributed by atoms with E-state index >= 15 is 0 Å². The van der Waals surface area contributed by atoms with Crippen molar-refractivity contribution in [1.29, 1.82) is 0 Å². The fraction of sp³-hybridized carbons (Fsp3) is 0.0870. The summed E-state index contributed by atoms with van der Waals surface area (Å²) in [6, 6.07) is 26.7. The van der Waals surface area contributed by atoms with E-state index in [9.17, 15) is 4.79 Å². The van der Waals surface area contributed by atoms with Crippen molar-refractivity contribution in [2.24, 2.45) is 0 Å². The molecule has 24 heavy (non-hydrogen) atoms. The average Bonchev–Trinajstić information content (AvgIpc) is 2.68. The molecule has 0 atom stereocenters. The molecule has 0 radical (unpaired) electrons. The highest BCUT2D eigenvalue weighted by molar-refractivity contribution is 6.11. The first-order valence-corrected chi connectivity index (χ1v) is 8.33. The molecule has 114 valence electrons. The standard InChI is InChI=1S/C23H16O/c24-23(15-8-2-1-3-9-15)21-14-20-16-10-4-6-12-18(16)22(21)19-13-7-5-11-17(19)20/h1-14,20,22H. The van der Waals surface area contributed by atoms with Gasteiger partial charge in [0, 0.05) is 23.0 Å². The third kappa shape index (κ3) is 1.78. The monoisotopic (exact) mass is 308 g/mol. The predicted octanol–water partition coefficient (Wildman–Crippen LogP) is 5.09. The molecule has 3 aromatic rings. The maximum Gasteiger partial charge on any atom is 0.189 e. The Kier molecular flexibility index (Phi) is 2.83. The SMILES string of the molecule is O=C(C1=CC2c3ccccc3C1c1ccccc12)c1ccccc1. The number of carbonyl (C=O) groups excluding carboxylic acids is 1. The molecule has 3 aliphatic carbocycles. The number of rotatable bonds is 2. The van der Waals surface area contributed by atoms with Crippen molar-refractivity contribution in [1.82, 2.24) is 0 Å². The Hall–Kier alpha value is -2.93. The van der Waals surface area contributed by atoms with Crippen molar-refractivity contribution in [2.75, 3.05) is 0 Å². The summed E-state index contributed by atoms with van der Waals surface area (Å²) >= 11 is 0. The van der Waals surface area contributed by atoms with Crippen molar-refractivity contribution in [2.45, 2.75) is 11.8 Å². The fourth-order valence-corrected chi connectivity index (χ4v) is 4.20. The van der Waals surface area contributed by atoms with Crippen LogP contribution in [0.1, 0.15) is 44.4 Å². The quantitative estimate of drug-likeness (QED) is 0.603. The number of ketones is 1. The van der Waals surface area contributed by atoms with E-state index in [0.29, 0.717) is 0 Å². The lowest BCUT2D eigenvalue weighted by atomic mass is 9.63. The van der Waals surface area contributed by atoms with Gasteiger partial charge in [-0.25, -0.2) is 0 Å². The maximum atomic E-state index is 13.1. The van der Waals surface area contributed by atoms with Gasteiger partial charge in [-0.05, 0) is 22.3 Å². The van der Waals surface area contributed by atoms with E-state index in [1.165, 1.54) is 22.3 Å². The summed E-state index contributed by atoms with van der Waals surface area (Å²) in [5.41, 5.74) is 6.93. The van der Waals surface area contributed by atoms with Crippen molar-refractivity contribution in [3.8, 4) is 0 Å². The lowest BCUT2D eigenvalue weighted by Gasteiger charge is -2.39. The van der Waals surface area contributed by atoms with Crippen LogP contribution in [-0.4, -0.2) is 5.78 Å². The summed E-state index contributed by atoms with van der Waals surface area (Å²) in [4.78, 5) is 13.1. The maximum absolute atomic E-state index is 13.1. The van der Waals surface area contributed by atoms with Crippen LogP contribution in [-0.2, 0) is 0 Å². The van der Waals surface area contributed by atoms with E-state index in [4.69, 9.17) is 0 Å². The first kappa shape index (κ1) is 13.5. The average molecular weight is 308 g/mol. The molecule has 0 unspecified atom stereocenters. The Bertz CT molecular complexity index is 934. The minimum atomic E-state index is 0.0510. The van der Waals surface area contributed by atoms with Gasteiger partial charge in [-0.1, -0.05) is 84.9 Å². The summed E-state index contributed by atoms with van der Waals surface area (Å²) in [6.45, 7) is 0. The number of carbonyl (C=O) groups is 1. The molecule has 3 aromatic carbocycles. The minimum absolute atomic E-state index is 0.0510. The van der Waals surface area contributed by atoms with Crippen molar-refractivity contribution < 1.29 is 4.79 Å². The Morgan fingerprint density at radius 3 is 1.71 bits per heavy atom. The third-order valence-corrected chi connectivity index (χ3v) is 5.24. The molecule has 0 saturated heterocycles. The van der Waals surface area contributed by atoms with Crippen LogP contribution in [0, 0.1) is 0 Å². The van der Waals surface area contributed by atoms with Crippen molar-refractivity contribution >= 4 is 5.78 Å². The molecule has 3 aliphatic rings. The molecule has 1 heteroatoms. The third-order valence-electron chi connectivity index (χ3n) is 5.24. The van der Waals surface area contributed by atoms with Crippen LogP contribution >= 0.6 is 0 Å². The molecule has 0 aromatic heterocycles. The molecule has 0 heterocycles. The molecule has 6 rings (SSSR count). The number of hydrogen-bond donors (Lipinski definition) is 0. The summed E-state index contributed by atoms with van der Waals surface area (Å²) in [5, 5.41) is 0. The van der Waals surface area contributed by atoms with Crippen LogP contribution in [0.2, 0.25) is 0 Å². The van der Waals surface area contributed by atoms with Gasteiger partial charge in [-0.2, -0.15) is 0 Å². The molecule has 0 aliphatic heterocycles. The van der Waals surface area contributed by atoms with E-state index in [1.54, 1.807) is 0 Å². The van der Waals surface area contributed by atoms with Gasteiger partial charge in [0.2, 0.25) is 0 Å². The van der Waals surface area contributed by atoms with Gasteiger partial charge in [0.15, 0.2) is 5.78 Å². The van der Waals surface area contributed by atoms with E-state index in [2.05, 4.69) is 54.6 Å². The first-order valence-electron chi connectivity index (χ1n) is 8.33. The molecule has 2 bridgehead atoms. The first-order chi connectivity index (χ1) is 11.8. The summed E-state index contributed by atoms with van der Waals surface area (Å²) in [6.07, 6.45) is 2.19. The molecule has 0 spiro atoms. The van der Waals surface area contributed by atoms with Crippen LogP contribution < -0.4 is 0 Å². The summed E-state index contributed by atoms with van der Waals surface area (Å²) in [5.74, 6) is 0.384. The number of Topliss-reactive ketones (excluding diaryl/α,β-unsaturated/α-hetero) is 1. The topological polar surface area (TPSA) is 17.1 Å². The van der Waals surface area contributed by atoms with Crippen molar-refractivity contribution in [3.05, 3.63) is 118 Å².